The molecule has 5 heteroatoms. The van der Waals surface area contributed by atoms with E-state index in [1.54, 1.807) is 4.68 Å². The summed E-state index contributed by atoms with van der Waals surface area (Å²) in [6.07, 6.45) is 6.13. The molecule has 1 aliphatic rings. The van der Waals surface area contributed by atoms with Gasteiger partial charge < -0.3 is 0 Å². The lowest BCUT2D eigenvalue weighted by Gasteiger charge is -2.32. The van der Waals surface area contributed by atoms with Gasteiger partial charge in [0.25, 0.3) is 0 Å². The Morgan fingerprint density at radius 1 is 1.24 bits per heavy atom. The second-order valence-electron chi connectivity index (χ2n) is 7.36. The van der Waals surface area contributed by atoms with Crippen LogP contribution in [-0.4, -0.2) is 21.7 Å². The second-order valence-corrected chi connectivity index (χ2v) is 7.79. The van der Waals surface area contributed by atoms with Crippen LogP contribution in [0.4, 0.5) is 5.82 Å². The lowest BCUT2D eigenvalue weighted by molar-refractivity contribution is -0.123. The lowest BCUT2D eigenvalue weighted by Crippen LogP contribution is -2.42. The predicted octanol–water partition coefficient (Wildman–Crippen LogP) is 5.09. The molecule has 1 aromatic heterocycles. The van der Waals surface area contributed by atoms with E-state index < -0.39 is 0 Å². The summed E-state index contributed by atoms with van der Waals surface area (Å²) in [6.45, 7) is 6.36. The first-order valence-electron chi connectivity index (χ1n) is 9.10. The van der Waals surface area contributed by atoms with Crippen LogP contribution in [0.3, 0.4) is 0 Å². The largest absolute Gasteiger partial charge is 0.293 e. The van der Waals surface area contributed by atoms with E-state index in [9.17, 15) is 4.79 Å². The summed E-state index contributed by atoms with van der Waals surface area (Å²) < 4.78 is 1.77. The summed E-state index contributed by atoms with van der Waals surface area (Å²) in [4.78, 5) is 15.0. The highest BCUT2D eigenvalue weighted by Crippen LogP contribution is 2.31. The summed E-state index contributed by atoms with van der Waals surface area (Å²) in [7, 11) is 0. The molecule has 1 heterocycles. The van der Waals surface area contributed by atoms with Crippen molar-refractivity contribution in [2.45, 2.75) is 52.5 Å². The van der Waals surface area contributed by atoms with Gasteiger partial charge in [-0.3, -0.25) is 9.69 Å². The molecule has 134 valence electrons. The molecule has 0 aliphatic heterocycles. The fourth-order valence-electron chi connectivity index (χ4n) is 3.54. The number of benzene rings is 1. The lowest BCUT2D eigenvalue weighted by atomic mass is 9.82. The normalized spacial score (nSPS) is 20.7. The standard InChI is InChI=1S/C20H26ClN3O/c1-14(2)24(20(25)16-9-7-15(3)8-10-16)19-11-12-23(22-19)18-6-4-5-17(21)13-18/h4-6,11-16H,7-10H2,1-3H3. The molecule has 1 fully saturated rings. The molecule has 2 aromatic rings. The Morgan fingerprint density at radius 2 is 1.96 bits per heavy atom. The van der Waals surface area contributed by atoms with Crippen molar-refractivity contribution in [2.24, 2.45) is 11.8 Å². The van der Waals surface area contributed by atoms with E-state index in [4.69, 9.17) is 11.6 Å². The van der Waals surface area contributed by atoms with E-state index in [0.29, 0.717) is 10.8 Å². The highest BCUT2D eigenvalue weighted by atomic mass is 35.5. The molecule has 0 N–H and O–H groups in total. The van der Waals surface area contributed by atoms with Gasteiger partial charge in [-0.15, -0.1) is 5.10 Å². The zero-order chi connectivity index (χ0) is 18.0. The van der Waals surface area contributed by atoms with Crippen LogP contribution in [0.15, 0.2) is 36.5 Å². The zero-order valence-electron chi connectivity index (χ0n) is 15.2. The van der Waals surface area contributed by atoms with Crippen molar-refractivity contribution >= 4 is 23.3 Å². The van der Waals surface area contributed by atoms with Crippen molar-refractivity contribution in [2.75, 3.05) is 4.90 Å². The molecule has 3 rings (SSSR count). The number of carbonyl (C=O) groups is 1. The van der Waals surface area contributed by atoms with Gasteiger partial charge in [-0.05, 0) is 63.6 Å². The highest BCUT2D eigenvalue weighted by Gasteiger charge is 2.31. The smallest absolute Gasteiger partial charge is 0.231 e. The van der Waals surface area contributed by atoms with Gasteiger partial charge in [0.05, 0.1) is 5.69 Å². The Labute approximate surface area is 154 Å². The van der Waals surface area contributed by atoms with Gasteiger partial charge >= 0.3 is 0 Å². The number of carbonyl (C=O) groups excluding carboxylic acids is 1. The molecule has 0 saturated heterocycles. The van der Waals surface area contributed by atoms with E-state index in [1.165, 1.54) is 0 Å². The maximum Gasteiger partial charge on any atom is 0.231 e. The first kappa shape index (κ1) is 18.0. The Bertz CT molecular complexity index is 732. The quantitative estimate of drug-likeness (QED) is 0.762. The van der Waals surface area contributed by atoms with Crippen molar-refractivity contribution in [1.29, 1.82) is 0 Å². The SMILES string of the molecule is CC1CCC(C(=O)N(c2ccn(-c3cccc(Cl)c3)n2)C(C)C)CC1. The number of nitrogens with zero attached hydrogens (tertiary/aromatic N) is 3. The molecule has 1 saturated carbocycles. The maximum absolute atomic E-state index is 13.1. The van der Waals surface area contributed by atoms with Gasteiger partial charge in [-0.25, -0.2) is 4.68 Å². The molecule has 1 amide bonds. The van der Waals surface area contributed by atoms with Crippen molar-refractivity contribution in [3.05, 3.63) is 41.6 Å². The number of hydrogen-bond donors (Lipinski definition) is 0. The first-order valence-corrected chi connectivity index (χ1v) is 9.48. The van der Waals surface area contributed by atoms with Crippen molar-refractivity contribution in [3.63, 3.8) is 0 Å². The van der Waals surface area contributed by atoms with Crippen LogP contribution >= 0.6 is 11.6 Å². The Morgan fingerprint density at radius 3 is 2.60 bits per heavy atom. The number of aromatic nitrogens is 2. The zero-order valence-corrected chi connectivity index (χ0v) is 15.9. The van der Waals surface area contributed by atoms with E-state index in [1.807, 2.05) is 55.3 Å². The average molecular weight is 360 g/mol. The Kier molecular flexibility index (Phi) is 5.48. The number of hydrogen-bond acceptors (Lipinski definition) is 2. The molecule has 25 heavy (non-hydrogen) atoms. The van der Waals surface area contributed by atoms with Crippen molar-refractivity contribution in [1.82, 2.24) is 9.78 Å². The summed E-state index contributed by atoms with van der Waals surface area (Å²) in [5, 5.41) is 5.31. The van der Waals surface area contributed by atoms with E-state index in [-0.39, 0.29) is 17.9 Å². The first-order chi connectivity index (χ1) is 12.0. The van der Waals surface area contributed by atoms with Crippen molar-refractivity contribution < 1.29 is 4.79 Å². The third-order valence-corrected chi connectivity index (χ3v) is 5.25. The molecule has 0 radical (unpaired) electrons. The van der Waals surface area contributed by atoms with Crippen LogP contribution < -0.4 is 4.90 Å². The van der Waals surface area contributed by atoms with Gasteiger partial charge in [-0.2, -0.15) is 0 Å². The molecule has 0 bridgehead atoms. The molecule has 0 unspecified atom stereocenters. The molecule has 4 nitrogen and oxygen atoms in total. The minimum Gasteiger partial charge on any atom is -0.293 e. The van der Waals surface area contributed by atoms with Gasteiger partial charge in [-0.1, -0.05) is 24.6 Å². The molecule has 1 aliphatic carbocycles. The average Bonchev–Trinajstić information content (AvgIpc) is 3.05. The topological polar surface area (TPSA) is 38.1 Å². The summed E-state index contributed by atoms with van der Waals surface area (Å²) >= 11 is 6.07. The molecular weight excluding hydrogens is 334 g/mol. The van der Waals surface area contributed by atoms with E-state index >= 15 is 0 Å². The second kappa shape index (κ2) is 7.61. The van der Waals surface area contributed by atoms with E-state index in [0.717, 1.165) is 37.3 Å². The Balaban J connectivity index is 1.83. The van der Waals surface area contributed by atoms with E-state index in [2.05, 4.69) is 12.0 Å². The fraction of sp³-hybridized carbons (Fsp3) is 0.500. The summed E-state index contributed by atoms with van der Waals surface area (Å²) in [5.41, 5.74) is 0.890. The minimum atomic E-state index is 0.0783. The van der Waals surface area contributed by atoms with Crippen LogP contribution in [0.25, 0.3) is 5.69 Å². The molecule has 0 spiro atoms. The third kappa shape index (κ3) is 4.06. The monoisotopic (exact) mass is 359 g/mol. The minimum absolute atomic E-state index is 0.0783. The van der Waals surface area contributed by atoms with Gasteiger partial charge in [0.1, 0.15) is 0 Å². The van der Waals surface area contributed by atoms with Crippen LogP contribution in [-0.2, 0) is 4.79 Å². The van der Waals surface area contributed by atoms with Crippen LogP contribution in [0.2, 0.25) is 5.02 Å². The number of halogens is 1. The van der Waals surface area contributed by atoms with Crippen molar-refractivity contribution in [3.8, 4) is 5.69 Å². The molecule has 0 atom stereocenters. The van der Waals surface area contributed by atoms with Crippen LogP contribution in [0, 0.1) is 11.8 Å². The fourth-order valence-corrected chi connectivity index (χ4v) is 3.73. The molecule has 1 aromatic carbocycles. The number of anilines is 1. The number of rotatable bonds is 4. The van der Waals surface area contributed by atoms with Gasteiger partial charge in [0, 0.05) is 29.2 Å². The third-order valence-electron chi connectivity index (χ3n) is 5.01. The van der Waals surface area contributed by atoms with Crippen LogP contribution in [0.5, 0.6) is 0 Å². The van der Waals surface area contributed by atoms with Gasteiger partial charge in [0.15, 0.2) is 5.82 Å². The van der Waals surface area contributed by atoms with Gasteiger partial charge in [0.2, 0.25) is 5.91 Å². The Hall–Kier alpha value is -1.81. The maximum atomic E-state index is 13.1. The number of amides is 1. The molecular formula is C20H26ClN3O. The highest BCUT2D eigenvalue weighted by molar-refractivity contribution is 6.30. The predicted molar refractivity (Wildman–Crippen MR) is 102 cm³/mol. The van der Waals surface area contributed by atoms with Crippen LogP contribution in [0.1, 0.15) is 46.5 Å². The summed E-state index contributed by atoms with van der Waals surface area (Å²) in [5.74, 6) is 1.77. The summed E-state index contributed by atoms with van der Waals surface area (Å²) in [6, 6.07) is 9.53.